The highest BCUT2D eigenvalue weighted by Crippen LogP contribution is 2.29. The number of rotatable bonds is 10. The van der Waals surface area contributed by atoms with E-state index >= 15 is 0 Å². The van der Waals surface area contributed by atoms with Crippen molar-refractivity contribution in [2.24, 2.45) is 0 Å². The highest BCUT2D eigenvalue weighted by molar-refractivity contribution is 7.87. The molecule has 0 bridgehead atoms. The second-order valence-electron chi connectivity index (χ2n) is 9.80. The molecule has 2 aromatic carbocycles. The van der Waals surface area contributed by atoms with E-state index in [0.29, 0.717) is 12.8 Å². The van der Waals surface area contributed by atoms with Crippen LogP contribution in [-0.4, -0.2) is 35.8 Å². The lowest BCUT2D eigenvalue weighted by molar-refractivity contribution is -0.128. The molecule has 9 nitrogen and oxygen atoms in total. The van der Waals surface area contributed by atoms with E-state index in [9.17, 15) is 18.0 Å². The van der Waals surface area contributed by atoms with E-state index in [0.717, 1.165) is 21.8 Å². The number of nitrogens with zero attached hydrogens (tertiary/aromatic N) is 1. The summed E-state index contributed by atoms with van der Waals surface area (Å²) >= 11 is 1.45. The predicted octanol–water partition coefficient (Wildman–Crippen LogP) is 3.80. The van der Waals surface area contributed by atoms with Crippen LogP contribution in [0.4, 0.5) is 5.69 Å². The Kier molecular flexibility index (Phi) is 9.06. The van der Waals surface area contributed by atoms with Gasteiger partial charge in [0, 0.05) is 24.1 Å². The molecule has 0 spiro atoms. The molecule has 0 radical (unpaired) electrons. The van der Waals surface area contributed by atoms with E-state index < -0.39 is 22.4 Å². The topological polar surface area (TPSA) is 137 Å². The summed E-state index contributed by atoms with van der Waals surface area (Å²) in [6.45, 7) is 7.56. The molecule has 1 unspecified atom stereocenters. The van der Waals surface area contributed by atoms with Crippen molar-refractivity contribution in [2.75, 3.05) is 4.72 Å². The smallest absolute Gasteiger partial charge is 0.345 e. The Labute approximate surface area is 221 Å². The highest BCUT2D eigenvalue weighted by atomic mass is 32.2. The molecule has 11 heteroatoms. The van der Waals surface area contributed by atoms with Gasteiger partial charge in [-0.2, -0.15) is 8.42 Å². The number of carbonyl (C=O) groups excluding carboxylic acids is 2. The summed E-state index contributed by atoms with van der Waals surface area (Å²) in [5.41, 5.74) is 2.68. The number of nitrogens with one attached hydrogen (secondary N) is 3. The molecule has 4 N–H and O–H groups in total. The Bertz CT molecular complexity index is 1320. The summed E-state index contributed by atoms with van der Waals surface area (Å²) in [6.07, 6.45) is 0.715. The van der Waals surface area contributed by atoms with Gasteiger partial charge < -0.3 is 10.6 Å². The minimum absolute atomic E-state index is 0.168. The van der Waals surface area contributed by atoms with Crippen molar-refractivity contribution >= 4 is 39.1 Å². The third kappa shape index (κ3) is 8.96. The molecule has 0 fully saturated rings. The van der Waals surface area contributed by atoms with Gasteiger partial charge in [0.15, 0.2) is 0 Å². The van der Waals surface area contributed by atoms with Gasteiger partial charge in [0.25, 0.3) is 0 Å². The number of benzene rings is 2. The molecule has 1 aromatic heterocycles. The Morgan fingerprint density at radius 2 is 1.59 bits per heavy atom. The zero-order chi connectivity index (χ0) is 27.2. The van der Waals surface area contributed by atoms with Crippen molar-refractivity contribution in [1.29, 1.82) is 0 Å². The first kappa shape index (κ1) is 28.3. The van der Waals surface area contributed by atoms with Crippen LogP contribution in [0.25, 0.3) is 0 Å². The fraction of sp³-hybridized carbons (Fsp3) is 0.346. The fourth-order valence-electron chi connectivity index (χ4n) is 3.66. The van der Waals surface area contributed by atoms with Crippen LogP contribution in [0.15, 0.2) is 60.0 Å². The van der Waals surface area contributed by atoms with Gasteiger partial charge in [-0.1, -0.05) is 63.2 Å². The SMILES string of the molecule is CC(=O)N[C@@H](Cc1ccccc1)C(=O)NC(Cc1ccc(NS(=O)(=O)O)cc1)c1nc(C(C)(C)C)cs1. The Morgan fingerprint density at radius 3 is 2.14 bits per heavy atom. The first-order valence-electron chi connectivity index (χ1n) is 11.7. The molecule has 1 heterocycles. The van der Waals surface area contributed by atoms with E-state index in [1.807, 2.05) is 40.4 Å². The number of hydrogen-bond acceptors (Lipinski definition) is 6. The number of thiazole rings is 1. The summed E-state index contributed by atoms with van der Waals surface area (Å²) < 4.78 is 33.2. The van der Waals surface area contributed by atoms with Crippen molar-refractivity contribution in [3.63, 3.8) is 0 Å². The van der Waals surface area contributed by atoms with Crippen LogP contribution in [0.3, 0.4) is 0 Å². The maximum atomic E-state index is 13.4. The van der Waals surface area contributed by atoms with Crippen LogP contribution >= 0.6 is 11.3 Å². The molecule has 0 aliphatic heterocycles. The molecular weight excluding hydrogens is 512 g/mol. The first-order chi connectivity index (χ1) is 17.3. The zero-order valence-corrected chi connectivity index (χ0v) is 22.8. The van der Waals surface area contributed by atoms with Gasteiger partial charge in [0.1, 0.15) is 11.0 Å². The van der Waals surface area contributed by atoms with Gasteiger partial charge >= 0.3 is 10.3 Å². The maximum Gasteiger partial charge on any atom is 0.357 e. The molecule has 0 saturated heterocycles. The Balaban J connectivity index is 1.86. The third-order valence-corrected chi connectivity index (χ3v) is 6.97. The second kappa shape index (κ2) is 11.8. The number of carbonyl (C=O) groups is 2. The summed E-state index contributed by atoms with van der Waals surface area (Å²) in [5.74, 6) is -0.639. The average Bonchev–Trinajstić information content (AvgIpc) is 3.30. The summed E-state index contributed by atoms with van der Waals surface area (Å²) in [7, 11) is -4.38. The summed E-state index contributed by atoms with van der Waals surface area (Å²) in [6, 6.07) is 14.7. The van der Waals surface area contributed by atoms with Gasteiger partial charge in [0.2, 0.25) is 11.8 Å². The van der Waals surface area contributed by atoms with Crippen molar-refractivity contribution in [1.82, 2.24) is 15.6 Å². The number of anilines is 1. The average molecular weight is 545 g/mol. The lowest BCUT2D eigenvalue weighted by Gasteiger charge is -2.23. The Hall–Kier alpha value is -3.28. The lowest BCUT2D eigenvalue weighted by atomic mass is 9.93. The van der Waals surface area contributed by atoms with E-state index in [1.54, 1.807) is 12.1 Å². The van der Waals surface area contributed by atoms with Crippen molar-refractivity contribution in [3.8, 4) is 0 Å². The lowest BCUT2D eigenvalue weighted by Crippen LogP contribution is -2.48. The van der Waals surface area contributed by atoms with E-state index in [4.69, 9.17) is 9.54 Å². The van der Waals surface area contributed by atoms with Crippen molar-refractivity contribution in [3.05, 3.63) is 81.8 Å². The number of hydrogen-bond donors (Lipinski definition) is 4. The highest BCUT2D eigenvalue weighted by Gasteiger charge is 2.27. The molecule has 2 amide bonds. The molecule has 3 aromatic rings. The van der Waals surface area contributed by atoms with Crippen LogP contribution in [0.5, 0.6) is 0 Å². The van der Waals surface area contributed by atoms with Gasteiger partial charge in [-0.25, -0.2) is 4.98 Å². The van der Waals surface area contributed by atoms with Crippen LogP contribution in [0.1, 0.15) is 55.6 Å². The van der Waals surface area contributed by atoms with E-state index in [-0.39, 0.29) is 22.9 Å². The molecule has 2 atom stereocenters. The molecule has 0 aliphatic carbocycles. The molecule has 3 rings (SSSR count). The van der Waals surface area contributed by atoms with Crippen molar-refractivity contribution in [2.45, 2.75) is 58.0 Å². The van der Waals surface area contributed by atoms with Crippen LogP contribution < -0.4 is 15.4 Å². The van der Waals surface area contributed by atoms with Gasteiger partial charge in [-0.3, -0.25) is 18.9 Å². The molecule has 0 saturated carbocycles. The quantitative estimate of drug-likeness (QED) is 0.287. The largest absolute Gasteiger partial charge is 0.357 e. The third-order valence-electron chi connectivity index (χ3n) is 5.52. The minimum atomic E-state index is -4.38. The van der Waals surface area contributed by atoms with Gasteiger partial charge in [-0.15, -0.1) is 11.3 Å². The number of amides is 2. The van der Waals surface area contributed by atoms with Gasteiger partial charge in [-0.05, 0) is 29.7 Å². The van der Waals surface area contributed by atoms with E-state index in [2.05, 4.69) is 31.4 Å². The van der Waals surface area contributed by atoms with Crippen LogP contribution in [-0.2, 0) is 38.1 Å². The molecule has 198 valence electrons. The summed E-state index contributed by atoms with van der Waals surface area (Å²) in [5, 5.41) is 8.52. The van der Waals surface area contributed by atoms with Crippen molar-refractivity contribution < 1.29 is 22.6 Å². The molecule has 37 heavy (non-hydrogen) atoms. The molecule has 0 aliphatic rings. The van der Waals surface area contributed by atoms with Crippen LogP contribution in [0.2, 0.25) is 0 Å². The van der Waals surface area contributed by atoms with Crippen LogP contribution in [0, 0.1) is 0 Å². The second-order valence-corrected chi connectivity index (χ2v) is 11.8. The monoisotopic (exact) mass is 544 g/mol. The van der Waals surface area contributed by atoms with Gasteiger partial charge in [0.05, 0.1) is 17.4 Å². The standard InChI is InChI=1S/C26H32N4O5S2/c1-17(31)27-21(14-18-8-6-5-7-9-18)24(32)28-22(25-29-23(16-36-25)26(2,3)4)15-19-10-12-20(13-11-19)30-37(33,34)35/h5-13,16,21-22,30H,14-15H2,1-4H3,(H,27,31)(H,28,32)(H,33,34,35)/t21-,22?/m0/s1. The normalized spacial score (nSPS) is 13.4. The fourth-order valence-corrected chi connectivity index (χ4v) is 5.19. The predicted molar refractivity (Wildman–Crippen MR) is 145 cm³/mol. The zero-order valence-electron chi connectivity index (χ0n) is 21.2. The minimum Gasteiger partial charge on any atom is -0.345 e. The van der Waals surface area contributed by atoms with E-state index in [1.165, 1.54) is 30.4 Å². The summed E-state index contributed by atoms with van der Waals surface area (Å²) in [4.78, 5) is 30.1. The Morgan fingerprint density at radius 1 is 0.973 bits per heavy atom. The molecular formula is C26H32N4O5S2. The number of aromatic nitrogens is 1. The maximum absolute atomic E-state index is 13.4. The first-order valence-corrected chi connectivity index (χ1v) is 14.0.